The van der Waals surface area contributed by atoms with Crippen LogP contribution in [0.25, 0.3) is 0 Å². The molecule has 0 aromatic rings. The highest BCUT2D eigenvalue weighted by Crippen LogP contribution is 2.38. The van der Waals surface area contributed by atoms with Crippen LogP contribution in [0.4, 0.5) is 0 Å². The number of carbonyl (C=O) groups is 2. The van der Waals surface area contributed by atoms with E-state index in [2.05, 4.69) is 13.8 Å². The lowest BCUT2D eigenvalue weighted by molar-refractivity contribution is -0.870. The number of phosphoric acid groups is 1. The highest BCUT2D eigenvalue weighted by Gasteiger charge is 2.21. The molecule has 0 aliphatic heterocycles. The predicted octanol–water partition coefficient (Wildman–Crippen LogP) is 13.0. The van der Waals surface area contributed by atoms with Gasteiger partial charge in [-0.25, -0.2) is 0 Å². The first-order chi connectivity index (χ1) is 27.0. The fourth-order valence-corrected chi connectivity index (χ4v) is 7.62. The first-order valence-electron chi connectivity index (χ1n) is 23.7. The van der Waals surface area contributed by atoms with E-state index < -0.39 is 26.5 Å². The van der Waals surface area contributed by atoms with Crippen molar-refractivity contribution in [3.63, 3.8) is 0 Å². The summed E-state index contributed by atoms with van der Waals surface area (Å²) in [6.07, 6.45) is 39.9. The molecule has 0 aliphatic rings. The van der Waals surface area contributed by atoms with Crippen molar-refractivity contribution in [1.29, 1.82) is 0 Å². The van der Waals surface area contributed by atoms with E-state index in [0.29, 0.717) is 17.4 Å². The molecule has 1 unspecified atom stereocenters. The molecule has 56 heavy (non-hydrogen) atoms. The predicted molar refractivity (Wildman–Crippen MR) is 232 cm³/mol. The van der Waals surface area contributed by atoms with E-state index in [0.717, 1.165) is 32.1 Å². The molecule has 0 amide bonds. The number of carbonyl (C=O) groups excluding carboxylic acids is 2. The molecule has 0 rings (SSSR count). The smallest absolute Gasteiger partial charge is 0.306 e. The summed E-state index contributed by atoms with van der Waals surface area (Å²) >= 11 is 0. The minimum atomic E-state index is -4.61. The zero-order chi connectivity index (χ0) is 41.4. The van der Waals surface area contributed by atoms with Crippen LogP contribution in [0, 0.1) is 0 Å². The monoisotopic (exact) mass is 818 g/mol. The molecule has 0 radical (unpaired) electrons. The van der Waals surface area contributed by atoms with Gasteiger partial charge < -0.3 is 27.9 Å². The van der Waals surface area contributed by atoms with E-state index in [1.165, 1.54) is 167 Å². The lowest BCUT2D eigenvalue weighted by Crippen LogP contribution is -2.37. The van der Waals surface area contributed by atoms with Gasteiger partial charge in [0.25, 0.3) is 7.82 Å². The fourth-order valence-electron chi connectivity index (χ4n) is 6.89. The molecule has 0 fully saturated rings. The van der Waals surface area contributed by atoms with Gasteiger partial charge in [0, 0.05) is 12.8 Å². The molecule has 0 aliphatic carbocycles. The van der Waals surface area contributed by atoms with Crippen LogP contribution in [0.15, 0.2) is 0 Å². The van der Waals surface area contributed by atoms with Crippen molar-refractivity contribution in [1.82, 2.24) is 0 Å². The van der Waals surface area contributed by atoms with Gasteiger partial charge in [-0.15, -0.1) is 0 Å². The first kappa shape index (κ1) is 55.0. The number of rotatable bonds is 44. The molecule has 0 aromatic carbocycles. The summed E-state index contributed by atoms with van der Waals surface area (Å²) in [5.74, 6) is -0.819. The Kier molecular flexibility index (Phi) is 38.8. The van der Waals surface area contributed by atoms with E-state index in [-0.39, 0.29) is 32.0 Å². The van der Waals surface area contributed by atoms with Gasteiger partial charge in [0.2, 0.25) is 0 Å². The summed E-state index contributed by atoms with van der Waals surface area (Å²) in [7, 11) is 1.18. The quantitative estimate of drug-likeness (QED) is 0.0259. The fraction of sp³-hybridized carbons (Fsp3) is 0.957. The molecule has 0 spiro atoms. The molecule has 0 heterocycles. The second-order valence-corrected chi connectivity index (χ2v) is 18.9. The Labute approximate surface area is 346 Å². The van der Waals surface area contributed by atoms with Crippen molar-refractivity contribution in [3.8, 4) is 0 Å². The van der Waals surface area contributed by atoms with E-state index in [1.54, 1.807) is 0 Å². The number of unbranched alkanes of at least 4 members (excludes halogenated alkanes) is 30. The van der Waals surface area contributed by atoms with Gasteiger partial charge in [0.1, 0.15) is 19.8 Å². The molecule has 10 heteroatoms. The number of hydrogen-bond donors (Lipinski definition) is 0. The van der Waals surface area contributed by atoms with Gasteiger partial charge in [-0.05, 0) is 12.8 Å². The number of ether oxygens (including phenoxy) is 2. The van der Waals surface area contributed by atoms with Crippen LogP contribution in [-0.2, 0) is 32.7 Å². The maximum atomic E-state index is 12.6. The van der Waals surface area contributed by atoms with Crippen molar-refractivity contribution in [2.75, 3.05) is 47.5 Å². The maximum absolute atomic E-state index is 12.6. The first-order valence-corrected chi connectivity index (χ1v) is 25.2. The molecular formula is C46H92NO8P. The molecule has 2 atom stereocenters. The number of likely N-dealkylation sites (N-methyl/N-ethyl adjacent to an activating group) is 1. The normalized spacial score (nSPS) is 13.5. The summed E-state index contributed by atoms with van der Waals surface area (Å²) in [6, 6.07) is 0. The Morgan fingerprint density at radius 3 is 1.14 bits per heavy atom. The van der Waals surface area contributed by atoms with Gasteiger partial charge in [-0.3, -0.25) is 14.2 Å². The Morgan fingerprint density at radius 2 is 0.804 bits per heavy atom. The Balaban J connectivity index is 4.16. The topological polar surface area (TPSA) is 111 Å². The van der Waals surface area contributed by atoms with Crippen molar-refractivity contribution < 1.29 is 42.1 Å². The van der Waals surface area contributed by atoms with E-state index in [4.69, 9.17) is 18.5 Å². The van der Waals surface area contributed by atoms with Crippen LogP contribution in [0.5, 0.6) is 0 Å². The van der Waals surface area contributed by atoms with Gasteiger partial charge in [-0.2, -0.15) is 0 Å². The lowest BCUT2D eigenvalue weighted by Gasteiger charge is -2.28. The van der Waals surface area contributed by atoms with Gasteiger partial charge >= 0.3 is 11.9 Å². The molecule has 0 N–H and O–H groups in total. The van der Waals surface area contributed by atoms with Gasteiger partial charge in [0.05, 0.1) is 27.7 Å². The molecule has 334 valence electrons. The van der Waals surface area contributed by atoms with Crippen LogP contribution < -0.4 is 4.89 Å². The van der Waals surface area contributed by atoms with Crippen LogP contribution in [0.1, 0.15) is 232 Å². The van der Waals surface area contributed by atoms with E-state index in [1.807, 2.05) is 21.1 Å². The summed E-state index contributed by atoms with van der Waals surface area (Å²) < 4.78 is 33.9. The number of quaternary nitrogens is 1. The third kappa shape index (κ3) is 42.6. The minimum absolute atomic E-state index is 0.0257. The van der Waals surface area contributed by atoms with Crippen LogP contribution >= 0.6 is 7.82 Å². The minimum Gasteiger partial charge on any atom is -0.756 e. The van der Waals surface area contributed by atoms with Crippen molar-refractivity contribution in [3.05, 3.63) is 0 Å². The van der Waals surface area contributed by atoms with E-state index >= 15 is 0 Å². The van der Waals surface area contributed by atoms with Crippen molar-refractivity contribution in [2.45, 2.75) is 238 Å². The Hall–Kier alpha value is -0.990. The Morgan fingerprint density at radius 1 is 0.482 bits per heavy atom. The molecular weight excluding hydrogens is 725 g/mol. The van der Waals surface area contributed by atoms with Crippen LogP contribution in [-0.4, -0.2) is 70.0 Å². The highest BCUT2D eigenvalue weighted by molar-refractivity contribution is 7.45. The molecule has 0 aromatic heterocycles. The maximum Gasteiger partial charge on any atom is 0.306 e. The summed E-state index contributed by atoms with van der Waals surface area (Å²) in [5, 5.41) is 0. The number of nitrogens with zero attached hydrogens (tertiary/aromatic N) is 1. The van der Waals surface area contributed by atoms with Gasteiger partial charge in [-0.1, -0.05) is 206 Å². The molecule has 9 nitrogen and oxygen atoms in total. The third-order valence-corrected chi connectivity index (χ3v) is 11.6. The molecule has 0 saturated heterocycles. The molecule has 0 saturated carbocycles. The van der Waals surface area contributed by atoms with Crippen molar-refractivity contribution in [2.24, 2.45) is 0 Å². The largest absolute Gasteiger partial charge is 0.756 e. The van der Waals surface area contributed by atoms with Crippen LogP contribution in [0.2, 0.25) is 0 Å². The second-order valence-electron chi connectivity index (χ2n) is 17.5. The third-order valence-electron chi connectivity index (χ3n) is 10.6. The van der Waals surface area contributed by atoms with Crippen molar-refractivity contribution >= 4 is 19.8 Å². The number of phosphoric ester groups is 1. The van der Waals surface area contributed by atoms with E-state index in [9.17, 15) is 19.0 Å². The SMILES string of the molecule is CCCCCCCCCCCCCCCCCCCCCCCC(=O)OC[C@H](COP(=O)([O-])OCC[N+](C)(C)C)OC(=O)CCCCCCCCCCCCC. The average Bonchev–Trinajstić information content (AvgIpc) is 3.15. The highest BCUT2D eigenvalue weighted by atomic mass is 31.2. The summed E-state index contributed by atoms with van der Waals surface area (Å²) in [4.78, 5) is 37.5. The standard InChI is InChI=1S/C46H92NO8P/c1-6-8-10-12-14-16-18-19-20-21-22-23-24-25-26-27-29-30-32-34-36-38-45(48)52-42-44(43-54-56(50,51)53-41-40-47(3,4)5)55-46(49)39-37-35-33-31-28-17-15-13-11-9-7-2/h44H,6-43H2,1-5H3/t44-/m1/s1. The number of hydrogen-bond acceptors (Lipinski definition) is 8. The average molecular weight is 818 g/mol. The second kappa shape index (κ2) is 39.5. The van der Waals surface area contributed by atoms with Gasteiger partial charge in [0.15, 0.2) is 6.10 Å². The lowest BCUT2D eigenvalue weighted by atomic mass is 10.0. The molecule has 0 bridgehead atoms. The Bertz CT molecular complexity index is 927. The number of esters is 2. The summed E-state index contributed by atoms with van der Waals surface area (Å²) in [5.41, 5.74) is 0. The summed E-state index contributed by atoms with van der Waals surface area (Å²) in [6.45, 7) is 4.26. The zero-order valence-electron chi connectivity index (χ0n) is 37.6. The zero-order valence-corrected chi connectivity index (χ0v) is 38.5. The van der Waals surface area contributed by atoms with Crippen LogP contribution in [0.3, 0.4) is 0 Å².